The molecule has 28 heavy (non-hydrogen) atoms. The third-order valence-electron chi connectivity index (χ3n) is 4.30. The first-order valence-corrected chi connectivity index (χ1v) is 8.74. The molecule has 0 saturated heterocycles. The van der Waals surface area contributed by atoms with Crippen LogP contribution < -0.4 is 15.6 Å². The summed E-state index contributed by atoms with van der Waals surface area (Å²) < 4.78 is 5.12. The van der Waals surface area contributed by atoms with Gasteiger partial charge in [0.2, 0.25) is 0 Å². The van der Waals surface area contributed by atoms with Crippen LogP contribution in [0.25, 0.3) is 11.4 Å². The number of ether oxygens (including phenoxy) is 1. The van der Waals surface area contributed by atoms with Crippen LogP contribution in [0, 0.1) is 6.92 Å². The second kappa shape index (κ2) is 8.49. The highest BCUT2D eigenvalue weighted by molar-refractivity contribution is 5.93. The summed E-state index contributed by atoms with van der Waals surface area (Å²) in [6, 6.07) is 14.4. The zero-order valence-electron chi connectivity index (χ0n) is 15.6. The van der Waals surface area contributed by atoms with Crippen molar-refractivity contribution >= 4 is 5.91 Å². The van der Waals surface area contributed by atoms with E-state index in [1.807, 2.05) is 31.2 Å². The van der Waals surface area contributed by atoms with Gasteiger partial charge >= 0.3 is 0 Å². The monoisotopic (exact) mass is 379 g/mol. The summed E-state index contributed by atoms with van der Waals surface area (Å²) in [5, 5.41) is 12.8. The van der Waals surface area contributed by atoms with Gasteiger partial charge in [-0.05, 0) is 24.6 Å². The topological polar surface area (TPSA) is 104 Å². The summed E-state index contributed by atoms with van der Waals surface area (Å²) in [5.41, 5.74) is 1.79. The number of aliphatic hydroxyl groups excluding tert-OH is 1. The summed E-state index contributed by atoms with van der Waals surface area (Å²) in [5.74, 6) is 0.388. The minimum atomic E-state index is -0.932. The SMILES string of the molecule is COc1cccc([C@@H](O)CNC(=O)c2cnc(-c3ccc(C)cc3)[nH]c2=O)c1. The van der Waals surface area contributed by atoms with Crippen molar-refractivity contribution in [1.29, 1.82) is 0 Å². The Morgan fingerprint density at radius 2 is 2.00 bits per heavy atom. The van der Waals surface area contributed by atoms with Crippen molar-refractivity contribution in [2.75, 3.05) is 13.7 Å². The molecule has 3 rings (SSSR count). The number of aromatic amines is 1. The van der Waals surface area contributed by atoms with Crippen LogP contribution in [0.15, 0.2) is 59.5 Å². The summed E-state index contributed by atoms with van der Waals surface area (Å²) in [4.78, 5) is 31.4. The van der Waals surface area contributed by atoms with E-state index >= 15 is 0 Å². The van der Waals surface area contributed by atoms with E-state index in [0.29, 0.717) is 17.1 Å². The Bertz CT molecular complexity index is 1030. The molecule has 2 aromatic carbocycles. The molecule has 3 aromatic rings. The minimum Gasteiger partial charge on any atom is -0.497 e. The third kappa shape index (κ3) is 4.44. The Morgan fingerprint density at radius 3 is 2.68 bits per heavy atom. The first kappa shape index (κ1) is 19.3. The molecule has 1 aromatic heterocycles. The van der Waals surface area contributed by atoms with Gasteiger partial charge in [0, 0.05) is 18.3 Å². The highest BCUT2D eigenvalue weighted by Crippen LogP contribution is 2.18. The van der Waals surface area contributed by atoms with Crippen molar-refractivity contribution in [3.05, 3.63) is 81.8 Å². The van der Waals surface area contributed by atoms with Crippen LogP contribution in [0.1, 0.15) is 27.6 Å². The fourth-order valence-corrected chi connectivity index (χ4v) is 2.67. The number of benzene rings is 2. The minimum absolute atomic E-state index is 0.0504. The lowest BCUT2D eigenvalue weighted by molar-refractivity contribution is 0.0914. The molecule has 7 heteroatoms. The smallest absolute Gasteiger partial charge is 0.264 e. The van der Waals surface area contributed by atoms with Gasteiger partial charge in [0.05, 0.1) is 13.2 Å². The predicted molar refractivity (Wildman–Crippen MR) is 105 cm³/mol. The summed E-state index contributed by atoms with van der Waals surface area (Å²) >= 11 is 0. The lowest BCUT2D eigenvalue weighted by atomic mass is 10.1. The van der Waals surface area contributed by atoms with Crippen molar-refractivity contribution in [3.63, 3.8) is 0 Å². The number of rotatable bonds is 6. The molecule has 144 valence electrons. The summed E-state index contributed by atoms with van der Waals surface area (Å²) in [6.07, 6.45) is 0.305. The van der Waals surface area contributed by atoms with E-state index in [1.54, 1.807) is 24.3 Å². The summed E-state index contributed by atoms with van der Waals surface area (Å²) in [6.45, 7) is 1.92. The van der Waals surface area contributed by atoms with Crippen molar-refractivity contribution < 1.29 is 14.6 Å². The molecule has 1 heterocycles. The molecule has 7 nitrogen and oxygen atoms in total. The van der Waals surface area contributed by atoms with Gasteiger partial charge in [-0.15, -0.1) is 0 Å². The number of nitrogens with one attached hydrogen (secondary N) is 2. The number of carbonyl (C=O) groups is 1. The van der Waals surface area contributed by atoms with E-state index in [0.717, 1.165) is 11.1 Å². The first-order chi connectivity index (χ1) is 13.5. The highest BCUT2D eigenvalue weighted by atomic mass is 16.5. The van der Waals surface area contributed by atoms with Gasteiger partial charge in [0.15, 0.2) is 0 Å². The fraction of sp³-hybridized carbons (Fsp3) is 0.190. The maximum Gasteiger partial charge on any atom is 0.264 e. The number of nitrogens with zero attached hydrogens (tertiary/aromatic N) is 1. The average molecular weight is 379 g/mol. The number of aryl methyl sites for hydroxylation is 1. The van der Waals surface area contributed by atoms with E-state index in [-0.39, 0.29) is 12.1 Å². The standard InChI is InChI=1S/C21H21N3O4/c1-13-6-8-14(9-7-13)19-22-11-17(21(27)24-19)20(26)23-12-18(25)15-4-3-5-16(10-15)28-2/h3-11,18,25H,12H2,1-2H3,(H,23,26)(H,22,24,27)/t18-/m0/s1. The number of hydrogen-bond acceptors (Lipinski definition) is 5. The van der Waals surface area contributed by atoms with Crippen LogP contribution in [0.3, 0.4) is 0 Å². The molecular formula is C21H21N3O4. The van der Waals surface area contributed by atoms with Gasteiger partial charge in [-0.25, -0.2) is 4.98 Å². The Morgan fingerprint density at radius 1 is 1.25 bits per heavy atom. The number of hydrogen-bond donors (Lipinski definition) is 3. The predicted octanol–water partition coefficient (Wildman–Crippen LogP) is 2.22. The van der Waals surface area contributed by atoms with Gasteiger partial charge in [-0.3, -0.25) is 9.59 Å². The van der Waals surface area contributed by atoms with Gasteiger partial charge in [0.25, 0.3) is 11.5 Å². The summed E-state index contributed by atoms with van der Waals surface area (Å²) in [7, 11) is 1.53. The number of carbonyl (C=O) groups excluding carboxylic acids is 1. The maximum atomic E-state index is 12.3. The van der Waals surface area contributed by atoms with Gasteiger partial charge in [-0.1, -0.05) is 42.0 Å². The Balaban J connectivity index is 1.68. The quantitative estimate of drug-likeness (QED) is 0.609. The van der Waals surface area contributed by atoms with Gasteiger partial charge in [-0.2, -0.15) is 0 Å². The number of methoxy groups -OCH3 is 1. The molecule has 0 fully saturated rings. The molecule has 0 spiro atoms. The van der Waals surface area contributed by atoms with Crippen LogP contribution in [-0.4, -0.2) is 34.6 Å². The van der Waals surface area contributed by atoms with Crippen molar-refractivity contribution in [2.24, 2.45) is 0 Å². The lowest BCUT2D eigenvalue weighted by Gasteiger charge is -2.13. The molecule has 0 aliphatic carbocycles. The number of aromatic nitrogens is 2. The largest absolute Gasteiger partial charge is 0.497 e. The number of H-pyrrole nitrogens is 1. The molecule has 0 aliphatic heterocycles. The highest BCUT2D eigenvalue weighted by Gasteiger charge is 2.15. The van der Waals surface area contributed by atoms with Crippen LogP contribution >= 0.6 is 0 Å². The van der Waals surface area contributed by atoms with Crippen LogP contribution in [0.5, 0.6) is 5.75 Å². The Kier molecular flexibility index (Phi) is 5.86. The molecule has 1 amide bonds. The van der Waals surface area contributed by atoms with E-state index in [2.05, 4.69) is 15.3 Å². The van der Waals surface area contributed by atoms with Crippen LogP contribution in [-0.2, 0) is 0 Å². The second-order valence-corrected chi connectivity index (χ2v) is 6.34. The normalized spacial score (nSPS) is 11.7. The Labute approximate surface area is 162 Å². The zero-order valence-corrected chi connectivity index (χ0v) is 15.6. The molecule has 0 unspecified atom stereocenters. The molecule has 0 radical (unpaired) electrons. The van der Waals surface area contributed by atoms with E-state index in [1.165, 1.54) is 13.3 Å². The van der Waals surface area contributed by atoms with Gasteiger partial charge in [0.1, 0.15) is 17.1 Å². The van der Waals surface area contributed by atoms with Crippen LogP contribution in [0.2, 0.25) is 0 Å². The molecule has 1 atom stereocenters. The number of amides is 1. The lowest BCUT2D eigenvalue weighted by Crippen LogP contribution is -2.33. The van der Waals surface area contributed by atoms with Crippen molar-refractivity contribution in [2.45, 2.75) is 13.0 Å². The molecule has 3 N–H and O–H groups in total. The molecule has 0 aliphatic rings. The number of aliphatic hydroxyl groups is 1. The molecule has 0 bridgehead atoms. The van der Waals surface area contributed by atoms with Crippen molar-refractivity contribution in [1.82, 2.24) is 15.3 Å². The van der Waals surface area contributed by atoms with Crippen LogP contribution in [0.4, 0.5) is 0 Å². The zero-order chi connectivity index (χ0) is 20.1. The van der Waals surface area contributed by atoms with E-state index in [9.17, 15) is 14.7 Å². The van der Waals surface area contributed by atoms with Gasteiger partial charge < -0.3 is 20.1 Å². The molecule has 0 saturated carbocycles. The Hall–Kier alpha value is -3.45. The fourth-order valence-electron chi connectivity index (χ4n) is 2.67. The van der Waals surface area contributed by atoms with Crippen molar-refractivity contribution in [3.8, 4) is 17.1 Å². The average Bonchev–Trinajstić information content (AvgIpc) is 2.72. The van der Waals surface area contributed by atoms with E-state index in [4.69, 9.17) is 4.74 Å². The third-order valence-corrected chi connectivity index (χ3v) is 4.30. The first-order valence-electron chi connectivity index (χ1n) is 8.74. The van der Waals surface area contributed by atoms with E-state index < -0.39 is 17.6 Å². The molecular weight excluding hydrogens is 358 g/mol. The maximum absolute atomic E-state index is 12.3. The second-order valence-electron chi connectivity index (χ2n) is 6.34.